The fourth-order valence-corrected chi connectivity index (χ4v) is 6.68. The van der Waals surface area contributed by atoms with Crippen molar-refractivity contribution >= 4 is 16.1 Å². The third-order valence-corrected chi connectivity index (χ3v) is 9.26. The van der Waals surface area contributed by atoms with Gasteiger partial charge < -0.3 is 34.5 Å². The lowest BCUT2D eigenvalue weighted by Gasteiger charge is -2.34. The fraction of sp³-hybridized carbons (Fsp3) is 0.552. The number of ether oxygens (including phenoxy) is 4. The molecule has 5 atom stereocenters. The van der Waals surface area contributed by atoms with Gasteiger partial charge in [-0.15, -0.1) is 0 Å². The van der Waals surface area contributed by atoms with Crippen molar-refractivity contribution in [3.63, 3.8) is 0 Å². The Balaban J connectivity index is 1.55. The van der Waals surface area contributed by atoms with Crippen LogP contribution in [-0.4, -0.2) is 93.6 Å². The van der Waals surface area contributed by atoms with Crippen LogP contribution in [0.2, 0.25) is 0 Å². The molecule has 0 radical (unpaired) electrons. The molecule has 2 aromatic carbocycles. The second kappa shape index (κ2) is 13.5. The minimum absolute atomic E-state index is 0.0146. The number of rotatable bonds is 13. The predicted octanol–water partition coefficient (Wildman–Crippen LogP) is 2.16. The quantitative estimate of drug-likeness (QED) is 0.319. The van der Waals surface area contributed by atoms with Crippen molar-refractivity contribution in [3.05, 3.63) is 60.2 Å². The Hall–Kier alpha value is -2.74. The molecule has 11 nitrogen and oxygen atoms in total. The molecule has 12 heteroatoms. The number of hydrogen-bond donors (Lipinski definition) is 3. The van der Waals surface area contributed by atoms with Gasteiger partial charge in [-0.1, -0.05) is 44.2 Å². The molecule has 2 aromatic rings. The van der Waals surface area contributed by atoms with Crippen LogP contribution < -0.4 is 10.1 Å². The molecule has 4 rings (SSSR count). The summed E-state index contributed by atoms with van der Waals surface area (Å²) in [5.41, 5.74) is 0.0358. The van der Waals surface area contributed by atoms with Crippen LogP contribution in [0.4, 0.5) is 4.79 Å². The van der Waals surface area contributed by atoms with Crippen LogP contribution in [0.25, 0.3) is 0 Å². The number of nitrogens with zero attached hydrogens (tertiary/aromatic N) is 1. The van der Waals surface area contributed by atoms with Crippen LogP contribution in [0.1, 0.15) is 25.8 Å². The highest BCUT2D eigenvalue weighted by Gasteiger charge is 2.44. The molecule has 226 valence electrons. The number of benzene rings is 2. The molecule has 0 aliphatic carbocycles. The number of amides is 1. The summed E-state index contributed by atoms with van der Waals surface area (Å²) in [6.07, 6.45) is -1.96. The van der Waals surface area contributed by atoms with E-state index in [1.165, 1.54) is 19.2 Å². The van der Waals surface area contributed by atoms with Crippen LogP contribution in [0.3, 0.4) is 0 Å². The summed E-state index contributed by atoms with van der Waals surface area (Å²) in [6, 6.07) is 14.3. The Morgan fingerprint density at radius 2 is 1.85 bits per heavy atom. The average molecular weight is 593 g/mol. The summed E-state index contributed by atoms with van der Waals surface area (Å²) in [7, 11) is -2.61. The molecule has 2 fully saturated rings. The van der Waals surface area contributed by atoms with E-state index in [2.05, 4.69) is 5.32 Å². The molecule has 0 spiro atoms. The fourth-order valence-electron chi connectivity index (χ4n) is 5.03. The largest absolute Gasteiger partial charge is 0.497 e. The summed E-state index contributed by atoms with van der Waals surface area (Å²) < 4.78 is 50.5. The van der Waals surface area contributed by atoms with E-state index in [0.29, 0.717) is 12.4 Å². The van der Waals surface area contributed by atoms with Crippen LogP contribution >= 0.6 is 0 Å². The molecular formula is C29H40N2O9S. The Morgan fingerprint density at radius 1 is 1.15 bits per heavy atom. The normalized spacial score (nSPS) is 22.2. The van der Waals surface area contributed by atoms with E-state index in [-0.39, 0.29) is 49.8 Å². The van der Waals surface area contributed by atoms with Crippen molar-refractivity contribution in [1.82, 2.24) is 9.62 Å². The third-order valence-electron chi connectivity index (χ3n) is 7.43. The maximum Gasteiger partial charge on any atom is 0.407 e. The van der Waals surface area contributed by atoms with Crippen molar-refractivity contribution in [2.24, 2.45) is 11.3 Å². The van der Waals surface area contributed by atoms with Gasteiger partial charge in [-0.05, 0) is 42.7 Å². The summed E-state index contributed by atoms with van der Waals surface area (Å²) >= 11 is 0. The van der Waals surface area contributed by atoms with Gasteiger partial charge >= 0.3 is 6.09 Å². The number of aliphatic hydroxyl groups excluding tert-OH is 2. The molecule has 41 heavy (non-hydrogen) atoms. The number of sulfonamides is 1. The number of nitrogens with one attached hydrogen (secondary N) is 1. The SMILES string of the molecule is COc1ccc(S(=O)(=O)N(C[C@@H](O)[C@H](Cc2ccccc2)NC(=O)O[C@H]2CO[C@H]3OCC[C@H]32)CC(C)(C)CO)cc1. The summed E-state index contributed by atoms with van der Waals surface area (Å²) in [4.78, 5) is 13.0. The van der Waals surface area contributed by atoms with Crippen molar-refractivity contribution in [1.29, 1.82) is 0 Å². The van der Waals surface area contributed by atoms with E-state index in [0.717, 1.165) is 16.3 Å². The number of alkyl carbamates (subject to hydrolysis) is 1. The molecule has 2 aliphatic rings. The first-order chi connectivity index (χ1) is 19.5. The zero-order chi connectivity index (χ0) is 29.6. The van der Waals surface area contributed by atoms with Gasteiger partial charge in [-0.3, -0.25) is 0 Å². The first kappa shape index (κ1) is 31.2. The number of aliphatic hydroxyl groups is 2. The van der Waals surface area contributed by atoms with Gasteiger partial charge in [0.1, 0.15) is 11.9 Å². The number of fused-ring (bicyclic) bond motifs is 1. The number of methoxy groups -OCH3 is 1. The van der Waals surface area contributed by atoms with Crippen molar-refractivity contribution in [2.45, 2.75) is 56.1 Å². The van der Waals surface area contributed by atoms with Gasteiger partial charge in [0.25, 0.3) is 0 Å². The van der Waals surface area contributed by atoms with Gasteiger partial charge in [0.05, 0.1) is 43.3 Å². The molecule has 0 unspecified atom stereocenters. The van der Waals surface area contributed by atoms with E-state index in [1.54, 1.807) is 26.0 Å². The van der Waals surface area contributed by atoms with E-state index in [9.17, 15) is 23.4 Å². The second-order valence-corrected chi connectivity index (χ2v) is 13.2. The highest BCUT2D eigenvalue weighted by molar-refractivity contribution is 7.89. The Bertz CT molecular complexity index is 1240. The van der Waals surface area contributed by atoms with Crippen LogP contribution in [0, 0.1) is 11.3 Å². The standard InChI is InChI=1S/C29H40N2O9S/c1-29(2,19-32)18-31(41(35,36)22-11-9-21(37-3)10-12-22)16-25(33)24(15-20-7-5-4-6-8-20)30-28(34)40-26-17-39-27-23(26)13-14-38-27/h4-12,23-27,32-33H,13-19H2,1-3H3,(H,30,34)/t23-,24-,25+,26-,27+/m0/s1. The van der Waals surface area contributed by atoms with Crippen LogP contribution in [0.15, 0.2) is 59.5 Å². The van der Waals surface area contributed by atoms with Crippen LogP contribution in [-0.2, 0) is 30.7 Å². The minimum atomic E-state index is -4.10. The van der Waals surface area contributed by atoms with Crippen molar-refractivity contribution in [3.8, 4) is 5.75 Å². The summed E-state index contributed by atoms with van der Waals surface area (Å²) in [5, 5.41) is 24.1. The number of carbonyl (C=O) groups is 1. The smallest absolute Gasteiger partial charge is 0.407 e. The maximum atomic E-state index is 13.8. The van der Waals surface area contributed by atoms with Crippen LogP contribution in [0.5, 0.6) is 5.75 Å². The van der Waals surface area contributed by atoms with E-state index in [4.69, 9.17) is 18.9 Å². The lowest BCUT2D eigenvalue weighted by molar-refractivity contribution is -0.0907. The average Bonchev–Trinajstić information content (AvgIpc) is 3.58. The van der Waals surface area contributed by atoms with E-state index >= 15 is 0 Å². The maximum absolute atomic E-state index is 13.8. The topological polar surface area (TPSA) is 144 Å². The molecule has 2 saturated heterocycles. The zero-order valence-electron chi connectivity index (χ0n) is 23.6. The molecule has 0 aromatic heterocycles. The molecule has 3 N–H and O–H groups in total. The van der Waals surface area contributed by atoms with Gasteiger partial charge in [-0.2, -0.15) is 4.31 Å². The van der Waals surface area contributed by atoms with Crippen molar-refractivity contribution in [2.75, 3.05) is 40.0 Å². The van der Waals surface area contributed by atoms with Gasteiger partial charge in [0, 0.05) is 25.1 Å². The molecule has 2 heterocycles. The highest BCUT2D eigenvalue weighted by Crippen LogP contribution is 2.33. The van der Waals surface area contributed by atoms with Gasteiger partial charge in [0.15, 0.2) is 6.29 Å². The monoisotopic (exact) mass is 592 g/mol. The second-order valence-electron chi connectivity index (χ2n) is 11.3. The Labute approximate surface area is 241 Å². The lowest BCUT2D eigenvalue weighted by atomic mass is 9.94. The zero-order valence-corrected chi connectivity index (χ0v) is 24.5. The Kier molecular flexibility index (Phi) is 10.3. The first-order valence-electron chi connectivity index (χ1n) is 13.7. The summed E-state index contributed by atoms with van der Waals surface area (Å²) in [6.45, 7) is 3.55. The molecule has 2 aliphatic heterocycles. The lowest BCUT2D eigenvalue weighted by Crippen LogP contribution is -2.52. The molecule has 0 bridgehead atoms. The number of carbonyl (C=O) groups excluding carboxylic acids is 1. The number of hydrogen-bond acceptors (Lipinski definition) is 9. The molecule has 0 saturated carbocycles. The summed E-state index contributed by atoms with van der Waals surface area (Å²) in [5.74, 6) is 0.448. The highest BCUT2D eigenvalue weighted by atomic mass is 32.2. The minimum Gasteiger partial charge on any atom is -0.497 e. The van der Waals surface area contributed by atoms with Crippen molar-refractivity contribution < 1.29 is 42.4 Å². The van der Waals surface area contributed by atoms with Gasteiger partial charge in [0.2, 0.25) is 10.0 Å². The van der Waals surface area contributed by atoms with Gasteiger partial charge in [-0.25, -0.2) is 13.2 Å². The molecular weight excluding hydrogens is 552 g/mol. The van der Waals surface area contributed by atoms with E-state index < -0.39 is 39.8 Å². The molecule has 1 amide bonds. The predicted molar refractivity (Wildman–Crippen MR) is 150 cm³/mol. The third kappa shape index (κ3) is 7.97. The Morgan fingerprint density at radius 3 is 2.51 bits per heavy atom. The first-order valence-corrected chi connectivity index (χ1v) is 15.1. The van der Waals surface area contributed by atoms with E-state index in [1.807, 2.05) is 30.3 Å².